The van der Waals surface area contributed by atoms with Gasteiger partial charge in [-0.25, -0.2) is 0 Å². The lowest BCUT2D eigenvalue weighted by Gasteiger charge is -2.33. The third-order valence-corrected chi connectivity index (χ3v) is 3.92. The summed E-state index contributed by atoms with van der Waals surface area (Å²) in [7, 11) is 3.84. The molecule has 18 heavy (non-hydrogen) atoms. The Morgan fingerprint density at radius 3 is 3.00 bits per heavy atom. The van der Waals surface area contributed by atoms with Crippen molar-refractivity contribution in [3.05, 3.63) is 28.8 Å². The van der Waals surface area contributed by atoms with Crippen LogP contribution in [-0.2, 0) is 6.42 Å². The Morgan fingerprint density at radius 2 is 2.33 bits per heavy atom. The summed E-state index contributed by atoms with van der Waals surface area (Å²) in [5.41, 5.74) is 1.28. The monoisotopic (exact) mass is 268 g/mol. The van der Waals surface area contributed by atoms with Crippen LogP contribution in [-0.4, -0.2) is 44.7 Å². The molecule has 1 atom stereocenters. The number of hydrogen-bond acceptors (Lipinski definition) is 3. The van der Waals surface area contributed by atoms with Crippen LogP contribution in [0.3, 0.4) is 0 Å². The average molecular weight is 269 g/mol. The number of ether oxygens (including phenoxy) is 1. The summed E-state index contributed by atoms with van der Waals surface area (Å²) in [6.07, 6.45) is 2.21. The molecule has 0 aromatic heterocycles. The molecule has 0 spiro atoms. The van der Waals surface area contributed by atoms with Crippen molar-refractivity contribution in [1.82, 2.24) is 10.2 Å². The average Bonchev–Trinajstić information content (AvgIpc) is 2.38. The second-order valence-corrected chi connectivity index (χ2v) is 5.25. The third kappa shape index (κ3) is 3.37. The Hall–Kier alpha value is -0.770. The summed E-state index contributed by atoms with van der Waals surface area (Å²) in [6, 6.07) is 6.68. The van der Waals surface area contributed by atoms with Gasteiger partial charge in [-0.15, -0.1) is 0 Å². The van der Waals surface area contributed by atoms with Crippen molar-refractivity contribution in [2.24, 2.45) is 0 Å². The van der Waals surface area contributed by atoms with Gasteiger partial charge in [0.1, 0.15) is 5.75 Å². The van der Waals surface area contributed by atoms with Crippen molar-refractivity contribution in [3.8, 4) is 5.75 Å². The first kappa shape index (κ1) is 13.7. The molecule has 0 saturated carbocycles. The van der Waals surface area contributed by atoms with E-state index in [-0.39, 0.29) is 0 Å². The molecule has 1 fully saturated rings. The fourth-order valence-electron chi connectivity index (χ4n) is 2.38. The number of hydrogen-bond donors (Lipinski definition) is 1. The first-order chi connectivity index (χ1) is 8.70. The summed E-state index contributed by atoms with van der Waals surface area (Å²) >= 11 is 6.13. The minimum atomic E-state index is 0.625. The first-order valence-corrected chi connectivity index (χ1v) is 6.82. The first-order valence-electron chi connectivity index (χ1n) is 6.44. The molecule has 4 heteroatoms. The predicted molar refractivity (Wildman–Crippen MR) is 75.6 cm³/mol. The van der Waals surface area contributed by atoms with Gasteiger partial charge >= 0.3 is 0 Å². The summed E-state index contributed by atoms with van der Waals surface area (Å²) in [6.45, 7) is 3.32. The molecule has 3 nitrogen and oxygen atoms in total. The fourth-order valence-corrected chi connectivity index (χ4v) is 2.66. The molecule has 1 aliphatic heterocycles. The summed E-state index contributed by atoms with van der Waals surface area (Å²) in [4.78, 5) is 2.43. The molecule has 0 bridgehead atoms. The highest BCUT2D eigenvalue weighted by Gasteiger charge is 2.18. The zero-order valence-corrected chi connectivity index (χ0v) is 11.8. The van der Waals surface area contributed by atoms with Crippen LogP contribution in [0.2, 0.25) is 5.02 Å². The number of rotatable bonds is 4. The molecule has 0 aliphatic carbocycles. The van der Waals surface area contributed by atoms with E-state index >= 15 is 0 Å². The van der Waals surface area contributed by atoms with Gasteiger partial charge in [-0.1, -0.05) is 17.7 Å². The molecule has 0 radical (unpaired) electrons. The van der Waals surface area contributed by atoms with E-state index in [0.717, 1.165) is 38.2 Å². The van der Waals surface area contributed by atoms with E-state index in [1.54, 1.807) is 7.11 Å². The van der Waals surface area contributed by atoms with Crippen molar-refractivity contribution >= 4 is 11.6 Å². The zero-order chi connectivity index (χ0) is 13.0. The molecular formula is C14H21ClN2O. The molecule has 1 heterocycles. The van der Waals surface area contributed by atoms with Crippen molar-refractivity contribution in [1.29, 1.82) is 0 Å². The van der Waals surface area contributed by atoms with Crippen molar-refractivity contribution in [2.45, 2.75) is 18.9 Å². The summed E-state index contributed by atoms with van der Waals surface area (Å²) in [5, 5.41) is 4.14. The SMILES string of the molecule is COc1ccc(CCC2CNCCN2C)cc1Cl. The lowest BCUT2D eigenvalue weighted by Crippen LogP contribution is -2.49. The Kier molecular flexibility index (Phi) is 4.87. The highest BCUT2D eigenvalue weighted by atomic mass is 35.5. The minimum Gasteiger partial charge on any atom is -0.495 e. The molecule has 1 unspecified atom stereocenters. The largest absolute Gasteiger partial charge is 0.495 e. The molecule has 0 amide bonds. The normalized spacial score (nSPS) is 20.9. The molecular weight excluding hydrogens is 248 g/mol. The Morgan fingerprint density at radius 1 is 1.50 bits per heavy atom. The summed E-state index contributed by atoms with van der Waals surface area (Å²) in [5.74, 6) is 0.747. The second kappa shape index (κ2) is 6.41. The third-order valence-electron chi connectivity index (χ3n) is 3.63. The van der Waals surface area contributed by atoms with E-state index in [0.29, 0.717) is 11.1 Å². The molecule has 1 N–H and O–H groups in total. The molecule has 1 saturated heterocycles. The number of piperazine rings is 1. The maximum absolute atomic E-state index is 6.13. The Balaban J connectivity index is 1.91. The number of halogens is 1. The number of benzene rings is 1. The topological polar surface area (TPSA) is 24.5 Å². The maximum atomic E-state index is 6.13. The number of likely N-dealkylation sites (N-methyl/N-ethyl adjacent to an activating group) is 1. The molecule has 100 valence electrons. The van der Waals surface area contributed by atoms with E-state index in [1.165, 1.54) is 5.56 Å². The highest BCUT2D eigenvalue weighted by molar-refractivity contribution is 6.32. The second-order valence-electron chi connectivity index (χ2n) is 4.85. The van der Waals surface area contributed by atoms with Crippen molar-refractivity contribution in [2.75, 3.05) is 33.8 Å². The van der Waals surface area contributed by atoms with Crippen LogP contribution >= 0.6 is 11.6 Å². The van der Waals surface area contributed by atoms with Gasteiger partial charge in [0, 0.05) is 25.7 Å². The quantitative estimate of drug-likeness (QED) is 0.906. The Labute approximate surface area is 114 Å². The van der Waals surface area contributed by atoms with Crippen LogP contribution in [0.15, 0.2) is 18.2 Å². The van der Waals surface area contributed by atoms with Gasteiger partial charge < -0.3 is 15.0 Å². The van der Waals surface area contributed by atoms with Crippen LogP contribution in [0.5, 0.6) is 5.75 Å². The van der Waals surface area contributed by atoms with Crippen molar-refractivity contribution in [3.63, 3.8) is 0 Å². The van der Waals surface area contributed by atoms with Gasteiger partial charge in [0.2, 0.25) is 0 Å². The number of nitrogens with one attached hydrogen (secondary N) is 1. The Bertz CT molecular complexity index is 397. The van der Waals surface area contributed by atoms with Crippen LogP contribution in [0.25, 0.3) is 0 Å². The number of nitrogens with zero attached hydrogens (tertiary/aromatic N) is 1. The van der Waals surface area contributed by atoms with Gasteiger partial charge in [0.25, 0.3) is 0 Å². The van der Waals surface area contributed by atoms with Crippen LogP contribution in [0.1, 0.15) is 12.0 Å². The van der Waals surface area contributed by atoms with Gasteiger partial charge in [-0.05, 0) is 37.6 Å². The van der Waals surface area contributed by atoms with Gasteiger partial charge in [0.15, 0.2) is 0 Å². The number of aryl methyl sites for hydroxylation is 1. The molecule has 1 aromatic rings. The van der Waals surface area contributed by atoms with Crippen LogP contribution in [0.4, 0.5) is 0 Å². The van der Waals surface area contributed by atoms with Gasteiger partial charge in [0.05, 0.1) is 12.1 Å². The lowest BCUT2D eigenvalue weighted by atomic mass is 10.0. The fraction of sp³-hybridized carbons (Fsp3) is 0.571. The standard InChI is InChI=1S/C14H21ClN2O/c1-17-8-7-16-10-12(17)5-3-11-4-6-14(18-2)13(15)9-11/h4,6,9,12,16H,3,5,7-8,10H2,1-2H3. The van der Waals surface area contributed by atoms with Crippen LogP contribution in [0, 0.1) is 0 Å². The smallest absolute Gasteiger partial charge is 0.137 e. The molecule has 1 aliphatic rings. The van der Waals surface area contributed by atoms with E-state index in [9.17, 15) is 0 Å². The van der Waals surface area contributed by atoms with Crippen molar-refractivity contribution < 1.29 is 4.74 Å². The van der Waals surface area contributed by atoms with E-state index in [2.05, 4.69) is 23.3 Å². The highest BCUT2D eigenvalue weighted by Crippen LogP contribution is 2.25. The molecule has 1 aromatic carbocycles. The number of methoxy groups -OCH3 is 1. The minimum absolute atomic E-state index is 0.625. The lowest BCUT2D eigenvalue weighted by molar-refractivity contribution is 0.191. The van der Waals surface area contributed by atoms with E-state index < -0.39 is 0 Å². The zero-order valence-electron chi connectivity index (χ0n) is 11.1. The van der Waals surface area contributed by atoms with E-state index in [4.69, 9.17) is 16.3 Å². The summed E-state index contributed by atoms with van der Waals surface area (Å²) < 4.78 is 5.16. The maximum Gasteiger partial charge on any atom is 0.137 e. The predicted octanol–water partition coefficient (Wildman–Crippen LogP) is 2.18. The van der Waals surface area contributed by atoms with E-state index in [1.807, 2.05) is 12.1 Å². The van der Waals surface area contributed by atoms with Gasteiger partial charge in [-0.2, -0.15) is 0 Å². The van der Waals surface area contributed by atoms with Gasteiger partial charge in [-0.3, -0.25) is 0 Å². The molecule has 2 rings (SSSR count). The van der Waals surface area contributed by atoms with Crippen LogP contribution < -0.4 is 10.1 Å².